The van der Waals surface area contributed by atoms with E-state index in [0.29, 0.717) is 21.2 Å². The summed E-state index contributed by atoms with van der Waals surface area (Å²) >= 11 is 12.4. The molecule has 0 aliphatic heterocycles. The molecule has 0 saturated heterocycles. The van der Waals surface area contributed by atoms with Crippen molar-refractivity contribution in [2.45, 2.75) is 6.42 Å². The van der Waals surface area contributed by atoms with E-state index in [9.17, 15) is 14.7 Å². The van der Waals surface area contributed by atoms with Crippen LogP contribution in [0.2, 0.25) is 10.0 Å². The minimum Gasteiger partial charge on any atom is -0.481 e. The highest BCUT2D eigenvalue weighted by atomic mass is 35.5. The molecule has 0 aliphatic rings. The summed E-state index contributed by atoms with van der Waals surface area (Å²) in [6, 6.07) is 19.6. The third-order valence-electron chi connectivity index (χ3n) is 4.76. The number of aliphatic carboxylic acids is 1. The van der Waals surface area contributed by atoms with Crippen LogP contribution < -0.4 is 0 Å². The normalized spacial score (nSPS) is 11.0. The van der Waals surface area contributed by atoms with Crippen molar-refractivity contribution in [1.29, 1.82) is 0 Å². The Bertz CT molecular complexity index is 1260. The number of benzene rings is 3. The second-order valence-corrected chi connectivity index (χ2v) is 7.39. The van der Waals surface area contributed by atoms with Crippen molar-refractivity contribution < 1.29 is 14.7 Å². The molecule has 1 heterocycles. The standard InChI is InChI=1S/C23H15Cl2NO3/c24-18-9-4-8-15(21(18)25)13-5-3-6-14(11-13)23(29)22-17(12-20(27)28)16-7-1-2-10-19(16)26-22/h1-11,26H,12H2,(H,27,28). The van der Waals surface area contributed by atoms with Crippen LogP contribution in [-0.4, -0.2) is 21.8 Å². The van der Waals surface area contributed by atoms with Crippen molar-refractivity contribution in [3.63, 3.8) is 0 Å². The molecule has 0 saturated carbocycles. The van der Waals surface area contributed by atoms with Crippen molar-refractivity contribution in [3.05, 3.63) is 93.6 Å². The van der Waals surface area contributed by atoms with E-state index in [0.717, 1.165) is 22.0 Å². The van der Waals surface area contributed by atoms with Crippen molar-refractivity contribution >= 4 is 45.9 Å². The van der Waals surface area contributed by atoms with Crippen LogP contribution in [0, 0.1) is 0 Å². The number of rotatable bonds is 5. The van der Waals surface area contributed by atoms with Gasteiger partial charge in [0, 0.05) is 27.6 Å². The molecule has 6 heteroatoms. The smallest absolute Gasteiger partial charge is 0.307 e. The first-order chi connectivity index (χ1) is 14.0. The van der Waals surface area contributed by atoms with E-state index in [1.165, 1.54) is 0 Å². The highest BCUT2D eigenvalue weighted by molar-refractivity contribution is 6.43. The molecule has 4 aromatic rings. The Morgan fingerprint density at radius 2 is 1.69 bits per heavy atom. The maximum atomic E-state index is 13.3. The predicted octanol–water partition coefficient (Wildman–Crippen LogP) is 6.00. The molecule has 1 aromatic heterocycles. The van der Waals surface area contributed by atoms with E-state index in [-0.39, 0.29) is 17.9 Å². The molecule has 29 heavy (non-hydrogen) atoms. The van der Waals surface area contributed by atoms with Gasteiger partial charge in [-0.3, -0.25) is 9.59 Å². The number of carboxylic acids is 1. The first-order valence-corrected chi connectivity index (χ1v) is 9.62. The molecule has 4 rings (SSSR count). The second-order valence-electron chi connectivity index (χ2n) is 6.61. The highest BCUT2D eigenvalue weighted by Gasteiger charge is 2.21. The summed E-state index contributed by atoms with van der Waals surface area (Å²) in [6.07, 6.45) is -0.245. The molecule has 0 unspecified atom stereocenters. The molecule has 2 N–H and O–H groups in total. The zero-order valence-corrected chi connectivity index (χ0v) is 16.6. The number of hydrogen-bond donors (Lipinski definition) is 2. The largest absolute Gasteiger partial charge is 0.481 e. The lowest BCUT2D eigenvalue weighted by Gasteiger charge is -2.08. The lowest BCUT2D eigenvalue weighted by molar-refractivity contribution is -0.136. The average molecular weight is 424 g/mol. The lowest BCUT2D eigenvalue weighted by Crippen LogP contribution is -2.09. The van der Waals surface area contributed by atoms with Crippen LogP contribution in [0.15, 0.2) is 66.7 Å². The van der Waals surface area contributed by atoms with E-state index >= 15 is 0 Å². The summed E-state index contributed by atoms with van der Waals surface area (Å²) in [5.74, 6) is -1.28. The van der Waals surface area contributed by atoms with Gasteiger partial charge in [0.05, 0.1) is 22.2 Å². The van der Waals surface area contributed by atoms with Crippen molar-refractivity contribution in [1.82, 2.24) is 4.98 Å². The summed E-state index contributed by atoms with van der Waals surface area (Å²) in [6.45, 7) is 0. The molecule has 4 nitrogen and oxygen atoms in total. The molecule has 144 valence electrons. The maximum Gasteiger partial charge on any atom is 0.307 e. The number of fused-ring (bicyclic) bond motifs is 1. The van der Waals surface area contributed by atoms with Gasteiger partial charge in [-0.2, -0.15) is 0 Å². The van der Waals surface area contributed by atoms with Gasteiger partial charge in [-0.1, -0.05) is 71.7 Å². The van der Waals surface area contributed by atoms with Crippen LogP contribution in [0.4, 0.5) is 0 Å². The Kier molecular flexibility index (Phi) is 5.14. The van der Waals surface area contributed by atoms with Gasteiger partial charge < -0.3 is 10.1 Å². The third-order valence-corrected chi connectivity index (χ3v) is 5.57. The van der Waals surface area contributed by atoms with Gasteiger partial charge in [0.15, 0.2) is 0 Å². The monoisotopic (exact) mass is 423 g/mol. The molecular formula is C23H15Cl2NO3. The van der Waals surface area contributed by atoms with Gasteiger partial charge in [-0.25, -0.2) is 0 Å². The molecular weight excluding hydrogens is 409 g/mol. The summed E-state index contributed by atoms with van der Waals surface area (Å²) in [7, 11) is 0. The van der Waals surface area contributed by atoms with E-state index < -0.39 is 5.97 Å². The van der Waals surface area contributed by atoms with Crippen LogP contribution in [0.5, 0.6) is 0 Å². The summed E-state index contributed by atoms with van der Waals surface area (Å²) in [5.41, 5.74) is 3.38. The van der Waals surface area contributed by atoms with E-state index in [4.69, 9.17) is 23.2 Å². The summed E-state index contributed by atoms with van der Waals surface area (Å²) in [4.78, 5) is 27.7. The van der Waals surface area contributed by atoms with Gasteiger partial charge >= 0.3 is 5.97 Å². The number of carbonyl (C=O) groups excluding carboxylic acids is 1. The van der Waals surface area contributed by atoms with Gasteiger partial charge in [0.25, 0.3) is 0 Å². The molecule has 0 atom stereocenters. The number of para-hydroxylation sites is 1. The second kappa shape index (κ2) is 7.74. The SMILES string of the molecule is O=C(O)Cc1c(C(=O)c2cccc(-c3cccc(Cl)c3Cl)c2)[nH]c2ccccc12. The highest BCUT2D eigenvalue weighted by Crippen LogP contribution is 2.34. The Morgan fingerprint density at radius 3 is 2.48 bits per heavy atom. The molecule has 0 spiro atoms. The number of ketones is 1. The van der Waals surface area contributed by atoms with Crippen molar-refractivity contribution in [2.24, 2.45) is 0 Å². The number of halogens is 2. The Morgan fingerprint density at radius 1 is 0.931 bits per heavy atom. The zero-order chi connectivity index (χ0) is 20.5. The number of hydrogen-bond acceptors (Lipinski definition) is 2. The maximum absolute atomic E-state index is 13.3. The van der Waals surface area contributed by atoms with Gasteiger partial charge in [0.2, 0.25) is 5.78 Å². The third kappa shape index (κ3) is 3.65. The molecule has 0 radical (unpaired) electrons. The number of aromatic amines is 1. The van der Waals surface area contributed by atoms with Crippen LogP contribution in [-0.2, 0) is 11.2 Å². The molecule has 3 aromatic carbocycles. The molecule has 0 bridgehead atoms. The summed E-state index contributed by atoms with van der Waals surface area (Å²) in [5, 5.41) is 10.9. The topological polar surface area (TPSA) is 70.2 Å². The first kappa shape index (κ1) is 19.2. The lowest BCUT2D eigenvalue weighted by atomic mass is 9.97. The van der Waals surface area contributed by atoms with Crippen LogP contribution >= 0.6 is 23.2 Å². The number of carbonyl (C=O) groups is 2. The quantitative estimate of drug-likeness (QED) is 0.386. The molecule has 0 amide bonds. The van der Waals surface area contributed by atoms with Crippen LogP contribution in [0.1, 0.15) is 21.6 Å². The fourth-order valence-electron chi connectivity index (χ4n) is 3.43. The Labute approximate surface area is 176 Å². The predicted molar refractivity (Wildman–Crippen MR) is 115 cm³/mol. The van der Waals surface area contributed by atoms with Gasteiger partial charge in [-0.05, 0) is 23.8 Å². The van der Waals surface area contributed by atoms with Gasteiger partial charge in [-0.15, -0.1) is 0 Å². The number of nitrogens with one attached hydrogen (secondary N) is 1. The molecule has 0 fully saturated rings. The average Bonchev–Trinajstić information content (AvgIpc) is 3.07. The van der Waals surface area contributed by atoms with Crippen molar-refractivity contribution in [2.75, 3.05) is 0 Å². The molecule has 0 aliphatic carbocycles. The van der Waals surface area contributed by atoms with Gasteiger partial charge in [0.1, 0.15) is 0 Å². The Hall–Kier alpha value is -3.08. The zero-order valence-electron chi connectivity index (χ0n) is 15.1. The number of carboxylic acid groups (broad SMARTS) is 1. The fraction of sp³-hybridized carbons (Fsp3) is 0.0435. The minimum atomic E-state index is -0.997. The Balaban J connectivity index is 1.82. The number of H-pyrrole nitrogens is 1. The van der Waals surface area contributed by atoms with E-state index in [2.05, 4.69) is 4.98 Å². The number of aromatic nitrogens is 1. The van der Waals surface area contributed by atoms with Crippen LogP contribution in [0.3, 0.4) is 0 Å². The minimum absolute atomic E-state index is 0.245. The van der Waals surface area contributed by atoms with E-state index in [1.54, 1.807) is 30.3 Å². The van der Waals surface area contributed by atoms with E-state index in [1.807, 2.05) is 36.4 Å². The summed E-state index contributed by atoms with van der Waals surface area (Å²) < 4.78 is 0. The fourth-order valence-corrected chi connectivity index (χ4v) is 3.84. The van der Waals surface area contributed by atoms with Crippen LogP contribution in [0.25, 0.3) is 22.0 Å². The first-order valence-electron chi connectivity index (χ1n) is 8.86. The van der Waals surface area contributed by atoms with Crippen molar-refractivity contribution in [3.8, 4) is 11.1 Å².